The molecule has 2 atom stereocenters. The Kier molecular flexibility index (Phi) is 4.71. The summed E-state index contributed by atoms with van der Waals surface area (Å²) in [5, 5.41) is 21.0. The van der Waals surface area contributed by atoms with Gasteiger partial charge in [0.15, 0.2) is 0 Å². The van der Waals surface area contributed by atoms with Crippen LogP contribution in [0.4, 0.5) is 0 Å². The van der Waals surface area contributed by atoms with Crippen LogP contribution >= 0.6 is 11.3 Å². The normalized spacial score (nSPS) is 14.8. The van der Waals surface area contributed by atoms with Crippen LogP contribution in [0.15, 0.2) is 11.6 Å². The summed E-state index contributed by atoms with van der Waals surface area (Å²) >= 11 is 1.29. The standard InChI is InChI=1S/C10H15NO3S/c1-2-3-4-7(10(13)14)8(12)9-11-5-6-15-9/h5-8,12H,2-4H2,1H3,(H,13,14). The first-order valence-electron chi connectivity index (χ1n) is 4.97. The minimum atomic E-state index is -0.978. The molecule has 0 spiro atoms. The summed E-state index contributed by atoms with van der Waals surface area (Å²) in [5.74, 6) is -1.69. The number of unbranched alkanes of at least 4 members (excludes halogenated alkanes) is 1. The molecular weight excluding hydrogens is 214 g/mol. The van der Waals surface area contributed by atoms with Gasteiger partial charge in [-0.05, 0) is 6.42 Å². The zero-order valence-electron chi connectivity index (χ0n) is 8.59. The van der Waals surface area contributed by atoms with Gasteiger partial charge in [-0.15, -0.1) is 11.3 Å². The summed E-state index contributed by atoms with van der Waals surface area (Å²) in [6, 6.07) is 0. The maximum Gasteiger partial charge on any atom is 0.309 e. The van der Waals surface area contributed by atoms with Crippen LogP contribution in [-0.4, -0.2) is 21.2 Å². The van der Waals surface area contributed by atoms with Gasteiger partial charge in [0.2, 0.25) is 0 Å². The Morgan fingerprint density at radius 1 is 1.67 bits per heavy atom. The molecule has 0 aliphatic rings. The van der Waals surface area contributed by atoms with Gasteiger partial charge in [-0.1, -0.05) is 19.8 Å². The summed E-state index contributed by atoms with van der Waals surface area (Å²) < 4.78 is 0. The third-order valence-electron chi connectivity index (χ3n) is 2.27. The molecule has 0 saturated carbocycles. The van der Waals surface area contributed by atoms with Crippen LogP contribution in [0.5, 0.6) is 0 Å². The molecule has 84 valence electrons. The predicted octanol–water partition coefficient (Wildman–Crippen LogP) is 2.07. The molecule has 1 rings (SSSR count). The lowest BCUT2D eigenvalue weighted by Crippen LogP contribution is -2.21. The number of carbonyl (C=O) groups is 1. The molecule has 2 N–H and O–H groups in total. The molecule has 0 aliphatic heterocycles. The van der Waals surface area contributed by atoms with Crippen molar-refractivity contribution in [3.05, 3.63) is 16.6 Å². The second kappa shape index (κ2) is 5.82. The molecule has 2 unspecified atom stereocenters. The number of aliphatic hydroxyl groups excluding tert-OH is 1. The Bertz CT molecular complexity index is 300. The lowest BCUT2D eigenvalue weighted by molar-refractivity contribution is -0.146. The van der Waals surface area contributed by atoms with Crippen molar-refractivity contribution < 1.29 is 15.0 Å². The average Bonchev–Trinajstić information content (AvgIpc) is 2.70. The maximum absolute atomic E-state index is 11.0. The zero-order valence-corrected chi connectivity index (χ0v) is 9.41. The minimum Gasteiger partial charge on any atom is -0.481 e. The number of aromatic nitrogens is 1. The van der Waals surface area contributed by atoms with E-state index in [1.165, 1.54) is 11.3 Å². The Hall–Kier alpha value is -0.940. The van der Waals surface area contributed by atoms with Gasteiger partial charge >= 0.3 is 5.97 Å². The third-order valence-corrected chi connectivity index (χ3v) is 3.12. The fourth-order valence-electron chi connectivity index (χ4n) is 1.39. The smallest absolute Gasteiger partial charge is 0.309 e. The van der Waals surface area contributed by atoms with Crippen LogP contribution in [0.2, 0.25) is 0 Å². The van der Waals surface area contributed by atoms with Gasteiger partial charge in [-0.25, -0.2) is 4.98 Å². The van der Waals surface area contributed by atoms with E-state index in [1.807, 2.05) is 6.92 Å². The van der Waals surface area contributed by atoms with E-state index in [0.29, 0.717) is 11.4 Å². The highest BCUT2D eigenvalue weighted by Crippen LogP contribution is 2.27. The van der Waals surface area contributed by atoms with Crippen LogP contribution < -0.4 is 0 Å². The first-order valence-corrected chi connectivity index (χ1v) is 5.85. The largest absolute Gasteiger partial charge is 0.481 e. The van der Waals surface area contributed by atoms with Crippen molar-refractivity contribution in [2.45, 2.75) is 32.3 Å². The van der Waals surface area contributed by atoms with E-state index < -0.39 is 18.0 Å². The van der Waals surface area contributed by atoms with Crippen LogP contribution in [0.25, 0.3) is 0 Å². The first kappa shape index (κ1) is 12.1. The van der Waals surface area contributed by atoms with Crippen molar-refractivity contribution in [2.24, 2.45) is 5.92 Å². The van der Waals surface area contributed by atoms with E-state index >= 15 is 0 Å². The molecular formula is C10H15NO3S. The topological polar surface area (TPSA) is 70.4 Å². The summed E-state index contributed by atoms with van der Waals surface area (Å²) in [6.45, 7) is 1.99. The number of aliphatic carboxylic acids is 1. The highest BCUT2D eigenvalue weighted by atomic mass is 32.1. The molecule has 0 aromatic carbocycles. The molecule has 0 amide bonds. The number of hydrogen-bond donors (Lipinski definition) is 2. The molecule has 0 radical (unpaired) electrons. The molecule has 0 aliphatic carbocycles. The predicted molar refractivity (Wildman–Crippen MR) is 57.7 cm³/mol. The number of thiazole rings is 1. The zero-order chi connectivity index (χ0) is 11.3. The van der Waals surface area contributed by atoms with E-state index in [2.05, 4.69) is 4.98 Å². The van der Waals surface area contributed by atoms with Gasteiger partial charge in [-0.3, -0.25) is 4.79 Å². The highest BCUT2D eigenvalue weighted by Gasteiger charge is 2.28. The molecule has 0 bridgehead atoms. The first-order chi connectivity index (χ1) is 7.16. The molecule has 1 aromatic rings. The van der Waals surface area contributed by atoms with Gasteiger partial charge < -0.3 is 10.2 Å². The lowest BCUT2D eigenvalue weighted by Gasteiger charge is -2.16. The fraction of sp³-hybridized carbons (Fsp3) is 0.600. The van der Waals surface area contributed by atoms with Crippen molar-refractivity contribution >= 4 is 17.3 Å². The van der Waals surface area contributed by atoms with E-state index in [4.69, 9.17) is 5.11 Å². The lowest BCUT2D eigenvalue weighted by atomic mass is 9.96. The van der Waals surface area contributed by atoms with E-state index in [0.717, 1.165) is 12.8 Å². The van der Waals surface area contributed by atoms with Crippen molar-refractivity contribution in [1.29, 1.82) is 0 Å². The van der Waals surface area contributed by atoms with Crippen molar-refractivity contribution in [1.82, 2.24) is 4.98 Å². The third kappa shape index (κ3) is 3.28. The maximum atomic E-state index is 11.0. The second-order valence-electron chi connectivity index (χ2n) is 3.40. The van der Waals surface area contributed by atoms with Crippen LogP contribution in [0.1, 0.15) is 37.3 Å². The Morgan fingerprint density at radius 3 is 2.87 bits per heavy atom. The Labute approximate surface area is 92.6 Å². The van der Waals surface area contributed by atoms with Gasteiger partial charge in [0.1, 0.15) is 11.1 Å². The monoisotopic (exact) mass is 229 g/mol. The SMILES string of the molecule is CCCCC(C(=O)O)C(O)c1nccs1. The van der Waals surface area contributed by atoms with E-state index in [1.54, 1.807) is 11.6 Å². The summed E-state index contributed by atoms with van der Waals surface area (Å²) in [6.07, 6.45) is 2.82. The molecule has 0 saturated heterocycles. The summed E-state index contributed by atoms with van der Waals surface area (Å²) in [7, 11) is 0. The number of rotatable bonds is 6. The fourth-order valence-corrected chi connectivity index (χ4v) is 2.08. The van der Waals surface area contributed by atoms with E-state index in [-0.39, 0.29) is 0 Å². The van der Waals surface area contributed by atoms with Gasteiger partial charge in [0.05, 0.1) is 5.92 Å². The van der Waals surface area contributed by atoms with Crippen molar-refractivity contribution in [3.63, 3.8) is 0 Å². The average molecular weight is 229 g/mol. The molecule has 15 heavy (non-hydrogen) atoms. The second-order valence-corrected chi connectivity index (χ2v) is 4.33. The van der Waals surface area contributed by atoms with Gasteiger partial charge in [-0.2, -0.15) is 0 Å². The number of carboxylic acid groups (broad SMARTS) is 1. The highest BCUT2D eigenvalue weighted by molar-refractivity contribution is 7.09. The van der Waals surface area contributed by atoms with Crippen molar-refractivity contribution in [2.75, 3.05) is 0 Å². The minimum absolute atomic E-state index is 0.485. The van der Waals surface area contributed by atoms with Gasteiger partial charge in [0.25, 0.3) is 0 Å². The summed E-state index contributed by atoms with van der Waals surface area (Å²) in [5.41, 5.74) is 0. The van der Waals surface area contributed by atoms with Crippen LogP contribution in [0.3, 0.4) is 0 Å². The van der Waals surface area contributed by atoms with E-state index in [9.17, 15) is 9.90 Å². The van der Waals surface area contributed by atoms with Crippen LogP contribution in [-0.2, 0) is 4.79 Å². The molecule has 1 heterocycles. The molecule has 0 fully saturated rings. The van der Waals surface area contributed by atoms with Crippen molar-refractivity contribution in [3.8, 4) is 0 Å². The number of carboxylic acids is 1. The summed E-state index contributed by atoms with van der Waals surface area (Å²) in [4.78, 5) is 14.9. The quantitative estimate of drug-likeness (QED) is 0.783. The molecule has 4 nitrogen and oxygen atoms in total. The Balaban J connectivity index is 2.67. The number of hydrogen-bond acceptors (Lipinski definition) is 4. The molecule has 1 aromatic heterocycles. The van der Waals surface area contributed by atoms with Crippen LogP contribution in [0, 0.1) is 5.92 Å². The Morgan fingerprint density at radius 2 is 2.40 bits per heavy atom. The van der Waals surface area contributed by atoms with Gasteiger partial charge in [0, 0.05) is 11.6 Å². The number of nitrogens with zero attached hydrogens (tertiary/aromatic N) is 1. The number of aliphatic hydroxyl groups is 1. The molecule has 5 heteroatoms.